The highest BCUT2D eigenvalue weighted by Gasteiger charge is 2.52. The summed E-state index contributed by atoms with van der Waals surface area (Å²) in [6.07, 6.45) is 0. The van der Waals surface area contributed by atoms with E-state index < -0.39 is 18.3 Å². The number of fused-ring (bicyclic) bond motifs is 1. The molecule has 1 fully saturated rings. The molecule has 0 bridgehead atoms. The lowest BCUT2D eigenvalue weighted by molar-refractivity contribution is 0.00578. The van der Waals surface area contributed by atoms with Crippen molar-refractivity contribution in [3.05, 3.63) is 23.5 Å². The second-order valence-electron chi connectivity index (χ2n) is 5.76. The fourth-order valence-electron chi connectivity index (χ4n) is 2.06. The number of rotatable bonds is 1. The summed E-state index contributed by atoms with van der Waals surface area (Å²) in [6, 6.07) is 3.49. The fourth-order valence-corrected chi connectivity index (χ4v) is 2.80. The van der Waals surface area contributed by atoms with Crippen LogP contribution in [0, 0.1) is 5.82 Å². The molecule has 1 aliphatic rings. The van der Waals surface area contributed by atoms with Crippen molar-refractivity contribution in [2.45, 2.75) is 38.9 Å². The first-order chi connectivity index (χ1) is 8.82. The number of hydrogen-bond donors (Lipinski definition) is 0. The van der Waals surface area contributed by atoms with Gasteiger partial charge >= 0.3 is 7.12 Å². The van der Waals surface area contributed by atoms with Gasteiger partial charge in [0.15, 0.2) is 0 Å². The largest absolute Gasteiger partial charge is 0.497 e. The number of halogens is 1. The van der Waals surface area contributed by atoms with Gasteiger partial charge in [-0.1, -0.05) is 6.07 Å². The lowest BCUT2D eigenvalue weighted by Gasteiger charge is -2.32. The summed E-state index contributed by atoms with van der Waals surface area (Å²) in [4.78, 5) is 4.10. The van der Waals surface area contributed by atoms with Crippen molar-refractivity contribution >= 4 is 34.1 Å². The molecule has 0 amide bonds. The smallest absolute Gasteiger partial charge is 0.399 e. The predicted molar refractivity (Wildman–Crippen MR) is 75.3 cm³/mol. The number of benzene rings is 1. The SMILES string of the molecule is CC1(C)OB(c2ccc3ncsc3c2F)OC1(C)C. The zero-order chi connectivity index (χ0) is 13.8. The molecule has 2 aromatic rings. The van der Waals surface area contributed by atoms with Gasteiger partial charge in [-0.05, 0) is 33.8 Å². The molecule has 1 saturated heterocycles. The Bertz CT molecular complexity index is 625. The van der Waals surface area contributed by atoms with Crippen LogP contribution in [0.5, 0.6) is 0 Å². The zero-order valence-corrected chi connectivity index (χ0v) is 12.2. The summed E-state index contributed by atoms with van der Waals surface area (Å²) in [5.74, 6) is -0.293. The Hall–Kier alpha value is -0.975. The van der Waals surface area contributed by atoms with E-state index in [9.17, 15) is 4.39 Å². The lowest BCUT2D eigenvalue weighted by Crippen LogP contribution is -2.41. The van der Waals surface area contributed by atoms with E-state index in [1.54, 1.807) is 17.6 Å². The maximum absolute atomic E-state index is 14.5. The summed E-state index contributed by atoms with van der Waals surface area (Å²) >= 11 is 1.29. The molecule has 1 aromatic heterocycles. The maximum atomic E-state index is 14.5. The highest BCUT2D eigenvalue weighted by molar-refractivity contribution is 7.16. The van der Waals surface area contributed by atoms with Crippen LogP contribution in [0.4, 0.5) is 4.39 Å². The minimum absolute atomic E-state index is 0.293. The maximum Gasteiger partial charge on any atom is 0.497 e. The molecule has 1 aliphatic heterocycles. The molecule has 0 radical (unpaired) electrons. The normalized spacial score (nSPS) is 21.2. The van der Waals surface area contributed by atoms with Gasteiger partial charge < -0.3 is 9.31 Å². The number of nitrogens with zero attached hydrogens (tertiary/aromatic N) is 1. The van der Waals surface area contributed by atoms with Gasteiger partial charge in [-0.2, -0.15) is 0 Å². The van der Waals surface area contributed by atoms with E-state index in [2.05, 4.69) is 4.98 Å². The first-order valence-electron chi connectivity index (χ1n) is 6.19. The van der Waals surface area contributed by atoms with E-state index in [1.165, 1.54) is 11.3 Å². The Balaban J connectivity index is 2.04. The molecule has 0 unspecified atom stereocenters. The van der Waals surface area contributed by atoms with Gasteiger partial charge in [0, 0.05) is 5.46 Å². The molecule has 0 N–H and O–H groups in total. The monoisotopic (exact) mass is 279 g/mol. The molecule has 100 valence electrons. The fraction of sp³-hybridized carbons (Fsp3) is 0.462. The molecule has 3 rings (SSSR count). The average Bonchev–Trinajstić information content (AvgIpc) is 2.83. The first kappa shape index (κ1) is 13.0. The molecule has 3 nitrogen and oxygen atoms in total. The van der Waals surface area contributed by atoms with Crippen LogP contribution in [0.2, 0.25) is 0 Å². The molecular formula is C13H15BFNO2S. The van der Waals surface area contributed by atoms with Gasteiger partial charge in [-0.25, -0.2) is 9.37 Å². The third kappa shape index (κ3) is 1.90. The first-order valence-corrected chi connectivity index (χ1v) is 7.07. The lowest BCUT2D eigenvalue weighted by atomic mass is 9.78. The summed E-state index contributed by atoms with van der Waals surface area (Å²) < 4.78 is 26.8. The van der Waals surface area contributed by atoms with E-state index >= 15 is 0 Å². The zero-order valence-electron chi connectivity index (χ0n) is 11.4. The topological polar surface area (TPSA) is 31.4 Å². The van der Waals surface area contributed by atoms with Crippen LogP contribution in [0.25, 0.3) is 10.2 Å². The molecular weight excluding hydrogens is 264 g/mol. The Morgan fingerprint density at radius 3 is 2.42 bits per heavy atom. The molecule has 19 heavy (non-hydrogen) atoms. The Kier molecular flexibility index (Phi) is 2.75. The second kappa shape index (κ2) is 4.01. The van der Waals surface area contributed by atoms with Crippen LogP contribution < -0.4 is 5.46 Å². The van der Waals surface area contributed by atoms with Crippen molar-refractivity contribution in [1.82, 2.24) is 4.98 Å². The minimum atomic E-state index is -0.670. The highest BCUT2D eigenvalue weighted by Crippen LogP contribution is 2.37. The van der Waals surface area contributed by atoms with Crippen molar-refractivity contribution in [1.29, 1.82) is 0 Å². The predicted octanol–water partition coefficient (Wildman–Crippen LogP) is 2.73. The standard InChI is InChI=1S/C13H15BFNO2S/c1-12(2)13(3,4)18-14(17-12)8-5-6-9-11(10(8)15)19-7-16-9/h5-7H,1-4H3. The molecule has 2 heterocycles. The highest BCUT2D eigenvalue weighted by atomic mass is 32.1. The number of hydrogen-bond acceptors (Lipinski definition) is 4. The van der Waals surface area contributed by atoms with E-state index in [0.717, 1.165) is 0 Å². The van der Waals surface area contributed by atoms with Crippen LogP contribution in [0.15, 0.2) is 17.6 Å². The molecule has 6 heteroatoms. The van der Waals surface area contributed by atoms with Crippen molar-refractivity contribution in [2.24, 2.45) is 0 Å². The number of thiazole rings is 1. The van der Waals surface area contributed by atoms with Crippen LogP contribution in [0.3, 0.4) is 0 Å². The quantitative estimate of drug-likeness (QED) is 0.752. The minimum Gasteiger partial charge on any atom is -0.399 e. The van der Waals surface area contributed by atoms with E-state index in [0.29, 0.717) is 15.7 Å². The Morgan fingerprint density at radius 2 is 1.79 bits per heavy atom. The van der Waals surface area contributed by atoms with Crippen molar-refractivity contribution in [2.75, 3.05) is 0 Å². The van der Waals surface area contributed by atoms with Gasteiger partial charge in [0.05, 0.1) is 26.9 Å². The van der Waals surface area contributed by atoms with E-state index in [1.807, 2.05) is 27.7 Å². The molecule has 1 aromatic carbocycles. The van der Waals surface area contributed by atoms with Crippen molar-refractivity contribution in [3.8, 4) is 0 Å². The van der Waals surface area contributed by atoms with Gasteiger partial charge in [0.25, 0.3) is 0 Å². The average molecular weight is 279 g/mol. The third-order valence-corrected chi connectivity index (χ3v) is 4.81. The van der Waals surface area contributed by atoms with Gasteiger partial charge in [-0.15, -0.1) is 11.3 Å². The van der Waals surface area contributed by atoms with Gasteiger partial charge in [-0.3, -0.25) is 0 Å². The van der Waals surface area contributed by atoms with Gasteiger partial charge in [0.1, 0.15) is 5.82 Å². The Labute approximate surface area is 115 Å². The van der Waals surface area contributed by atoms with Crippen LogP contribution in [-0.4, -0.2) is 23.3 Å². The van der Waals surface area contributed by atoms with Gasteiger partial charge in [0.2, 0.25) is 0 Å². The van der Waals surface area contributed by atoms with Crippen molar-refractivity contribution < 1.29 is 13.7 Å². The summed E-state index contributed by atoms with van der Waals surface area (Å²) in [6.45, 7) is 7.82. The van der Waals surface area contributed by atoms with E-state index in [4.69, 9.17) is 9.31 Å². The number of aromatic nitrogens is 1. The van der Waals surface area contributed by atoms with E-state index in [-0.39, 0.29) is 5.82 Å². The van der Waals surface area contributed by atoms with Crippen LogP contribution >= 0.6 is 11.3 Å². The Morgan fingerprint density at radius 1 is 1.16 bits per heavy atom. The summed E-state index contributed by atoms with van der Waals surface area (Å²) in [5, 5.41) is 0. The van der Waals surface area contributed by atoms with Crippen LogP contribution in [-0.2, 0) is 9.31 Å². The molecule has 0 saturated carbocycles. The van der Waals surface area contributed by atoms with Crippen LogP contribution in [0.1, 0.15) is 27.7 Å². The summed E-state index contributed by atoms with van der Waals surface area (Å²) in [7, 11) is -0.670. The molecule has 0 aliphatic carbocycles. The summed E-state index contributed by atoms with van der Waals surface area (Å²) in [5.41, 5.74) is 1.82. The third-order valence-electron chi connectivity index (χ3n) is 3.98. The second-order valence-corrected chi connectivity index (χ2v) is 6.61. The molecule has 0 spiro atoms. The van der Waals surface area contributed by atoms with Crippen molar-refractivity contribution in [3.63, 3.8) is 0 Å². The molecule has 0 atom stereocenters.